The van der Waals surface area contributed by atoms with Gasteiger partial charge in [0.1, 0.15) is 0 Å². The fraction of sp³-hybridized carbons (Fsp3) is 0.238. The Hall–Kier alpha value is -2.38. The van der Waals surface area contributed by atoms with E-state index in [0.717, 1.165) is 41.1 Å². The first-order chi connectivity index (χ1) is 12.2. The number of aromatic nitrogens is 1. The minimum absolute atomic E-state index is 0.00707. The second kappa shape index (κ2) is 8.13. The highest BCUT2D eigenvalue weighted by Gasteiger charge is 2.11. The Bertz CT molecular complexity index is 985. The molecule has 0 aliphatic heterocycles. The van der Waals surface area contributed by atoms with Crippen LogP contribution in [-0.2, 0) is 6.54 Å². The SMILES string of the molecule is N#Cc1cccc(-c2cc3ccccc3n(CCCCCBr)c2=O)c1. The van der Waals surface area contributed by atoms with Crippen molar-refractivity contribution in [1.29, 1.82) is 5.26 Å². The maximum absolute atomic E-state index is 13.1. The molecule has 1 aromatic heterocycles. The molecule has 0 radical (unpaired) electrons. The first-order valence-electron chi connectivity index (χ1n) is 8.43. The minimum Gasteiger partial charge on any atom is -0.308 e. The van der Waals surface area contributed by atoms with Crippen molar-refractivity contribution in [2.75, 3.05) is 5.33 Å². The summed E-state index contributed by atoms with van der Waals surface area (Å²) in [7, 11) is 0. The number of aryl methyl sites for hydroxylation is 1. The Balaban J connectivity index is 2.12. The summed E-state index contributed by atoms with van der Waals surface area (Å²) in [6, 6.07) is 19.3. The molecule has 4 heteroatoms. The third kappa shape index (κ3) is 3.83. The van der Waals surface area contributed by atoms with Gasteiger partial charge in [-0.15, -0.1) is 0 Å². The van der Waals surface area contributed by atoms with E-state index in [0.29, 0.717) is 17.7 Å². The number of hydrogen-bond donors (Lipinski definition) is 0. The van der Waals surface area contributed by atoms with Crippen LogP contribution in [0.25, 0.3) is 22.0 Å². The zero-order chi connectivity index (χ0) is 17.6. The van der Waals surface area contributed by atoms with Gasteiger partial charge in [-0.1, -0.05) is 52.7 Å². The Morgan fingerprint density at radius 1 is 1.00 bits per heavy atom. The fourth-order valence-corrected chi connectivity index (χ4v) is 3.45. The quantitative estimate of drug-likeness (QED) is 0.430. The summed E-state index contributed by atoms with van der Waals surface area (Å²) in [6.07, 6.45) is 3.16. The molecule has 3 rings (SSSR count). The molecule has 0 saturated carbocycles. The summed E-state index contributed by atoms with van der Waals surface area (Å²) in [6.45, 7) is 0.706. The normalized spacial score (nSPS) is 10.7. The van der Waals surface area contributed by atoms with Gasteiger partial charge in [0.25, 0.3) is 5.56 Å². The van der Waals surface area contributed by atoms with Gasteiger partial charge in [-0.25, -0.2) is 0 Å². The average molecular weight is 395 g/mol. The Labute approximate surface area is 155 Å². The van der Waals surface area contributed by atoms with Crippen molar-refractivity contribution in [2.24, 2.45) is 0 Å². The lowest BCUT2D eigenvalue weighted by Crippen LogP contribution is -2.22. The van der Waals surface area contributed by atoms with E-state index in [-0.39, 0.29) is 5.56 Å². The van der Waals surface area contributed by atoms with E-state index in [4.69, 9.17) is 5.26 Å². The molecule has 126 valence electrons. The van der Waals surface area contributed by atoms with Crippen molar-refractivity contribution < 1.29 is 0 Å². The third-order valence-corrected chi connectivity index (χ3v) is 4.88. The Morgan fingerprint density at radius 2 is 1.84 bits per heavy atom. The van der Waals surface area contributed by atoms with Crippen LogP contribution in [0.2, 0.25) is 0 Å². The van der Waals surface area contributed by atoms with Gasteiger partial charge in [0, 0.05) is 17.4 Å². The van der Waals surface area contributed by atoms with Crippen LogP contribution in [0.5, 0.6) is 0 Å². The van der Waals surface area contributed by atoms with E-state index in [9.17, 15) is 4.79 Å². The molecule has 0 bridgehead atoms. The van der Waals surface area contributed by atoms with E-state index in [1.807, 2.05) is 47.0 Å². The smallest absolute Gasteiger partial charge is 0.258 e. The molecule has 25 heavy (non-hydrogen) atoms. The molecule has 0 aliphatic carbocycles. The number of unbranched alkanes of at least 4 members (excludes halogenated alkanes) is 2. The molecule has 0 N–H and O–H groups in total. The summed E-state index contributed by atoms with van der Waals surface area (Å²) < 4.78 is 1.87. The molecule has 0 unspecified atom stereocenters. The molecule has 0 aliphatic rings. The van der Waals surface area contributed by atoms with Crippen LogP contribution in [0.4, 0.5) is 0 Å². The Kier molecular flexibility index (Phi) is 5.67. The second-order valence-corrected chi connectivity index (χ2v) is 6.81. The molecule has 2 aromatic carbocycles. The van der Waals surface area contributed by atoms with Crippen LogP contribution in [-0.4, -0.2) is 9.90 Å². The highest BCUT2D eigenvalue weighted by atomic mass is 79.9. The number of nitrogens with zero attached hydrogens (tertiary/aromatic N) is 2. The first-order valence-corrected chi connectivity index (χ1v) is 9.56. The molecule has 3 nitrogen and oxygen atoms in total. The van der Waals surface area contributed by atoms with Gasteiger partial charge in [-0.3, -0.25) is 4.79 Å². The van der Waals surface area contributed by atoms with E-state index in [1.54, 1.807) is 12.1 Å². The molecule has 0 fully saturated rings. The highest BCUT2D eigenvalue weighted by molar-refractivity contribution is 9.09. The zero-order valence-corrected chi connectivity index (χ0v) is 15.5. The van der Waals surface area contributed by atoms with Crippen molar-refractivity contribution in [3.05, 3.63) is 70.5 Å². The zero-order valence-electron chi connectivity index (χ0n) is 13.9. The van der Waals surface area contributed by atoms with Crippen LogP contribution in [0.15, 0.2) is 59.4 Å². The number of fused-ring (bicyclic) bond motifs is 1. The molecule has 0 atom stereocenters. The van der Waals surface area contributed by atoms with Gasteiger partial charge in [-0.2, -0.15) is 5.26 Å². The van der Waals surface area contributed by atoms with Gasteiger partial charge in [0.2, 0.25) is 0 Å². The van der Waals surface area contributed by atoms with E-state index in [1.165, 1.54) is 0 Å². The van der Waals surface area contributed by atoms with Crippen LogP contribution in [0, 0.1) is 11.3 Å². The van der Waals surface area contributed by atoms with E-state index < -0.39 is 0 Å². The van der Waals surface area contributed by atoms with E-state index >= 15 is 0 Å². The summed E-state index contributed by atoms with van der Waals surface area (Å²) in [5.74, 6) is 0. The topological polar surface area (TPSA) is 45.8 Å². The number of halogens is 1. The predicted molar refractivity (Wildman–Crippen MR) is 106 cm³/mol. The lowest BCUT2D eigenvalue weighted by Gasteiger charge is -2.13. The molecule has 3 aromatic rings. The number of para-hydroxylation sites is 1. The number of nitriles is 1. The van der Waals surface area contributed by atoms with Crippen molar-refractivity contribution in [1.82, 2.24) is 4.57 Å². The second-order valence-electron chi connectivity index (χ2n) is 6.02. The summed E-state index contributed by atoms with van der Waals surface area (Å²) in [5, 5.41) is 11.2. The van der Waals surface area contributed by atoms with Gasteiger partial charge >= 0.3 is 0 Å². The number of pyridine rings is 1. The third-order valence-electron chi connectivity index (χ3n) is 4.32. The van der Waals surface area contributed by atoms with Crippen LogP contribution < -0.4 is 5.56 Å². The maximum Gasteiger partial charge on any atom is 0.258 e. The van der Waals surface area contributed by atoms with Gasteiger partial charge in [0.15, 0.2) is 0 Å². The van der Waals surface area contributed by atoms with Crippen molar-refractivity contribution >= 4 is 26.8 Å². The summed E-state index contributed by atoms with van der Waals surface area (Å²) >= 11 is 3.45. The van der Waals surface area contributed by atoms with Gasteiger partial charge < -0.3 is 4.57 Å². The summed E-state index contributed by atoms with van der Waals surface area (Å²) in [4.78, 5) is 13.1. The first kappa shape index (κ1) is 17.4. The lowest BCUT2D eigenvalue weighted by molar-refractivity contribution is 0.606. The molecule has 0 saturated heterocycles. The van der Waals surface area contributed by atoms with Crippen LogP contribution in [0.3, 0.4) is 0 Å². The average Bonchev–Trinajstić information content (AvgIpc) is 2.66. The molecule has 0 spiro atoms. The van der Waals surface area contributed by atoms with Crippen molar-refractivity contribution in [3.63, 3.8) is 0 Å². The standard InChI is InChI=1S/C21H19BrN2O/c22-11-4-1-5-12-24-20-10-3-2-8-18(20)14-19(21(24)25)17-9-6-7-16(13-17)15-23/h2-3,6-10,13-14H,1,4-5,11-12H2. The predicted octanol–water partition coefficient (Wildman–Crippen LogP) is 5.11. The fourth-order valence-electron chi connectivity index (χ4n) is 3.05. The minimum atomic E-state index is 0.00707. The molecular weight excluding hydrogens is 376 g/mol. The van der Waals surface area contributed by atoms with Crippen LogP contribution >= 0.6 is 15.9 Å². The summed E-state index contributed by atoms with van der Waals surface area (Å²) in [5.41, 5.74) is 2.98. The molecule has 0 amide bonds. The molecule has 1 heterocycles. The van der Waals surface area contributed by atoms with Gasteiger partial charge in [-0.05, 0) is 48.1 Å². The van der Waals surface area contributed by atoms with Gasteiger partial charge in [0.05, 0.1) is 17.1 Å². The maximum atomic E-state index is 13.1. The number of rotatable bonds is 6. The van der Waals surface area contributed by atoms with Crippen molar-refractivity contribution in [2.45, 2.75) is 25.8 Å². The van der Waals surface area contributed by atoms with Crippen LogP contribution in [0.1, 0.15) is 24.8 Å². The number of benzene rings is 2. The lowest BCUT2D eigenvalue weighted by atomic mass is 10.0. The highest BCUT2D eigenvalue weighted by Crippen LogP contribution is 2.22. The van der Waals surface area contributed by atoms with Crippen molar-refractivity contribution in [3.8, 4) is 17.2 Å². The monoisotopic (exact) mass is 394 g/mol. The van der Waals surface area contributed by atoms with E-state index in [2.05, 4.69) is 22.0 Å². The largest absolute Gasteiger partial charge is 0.308 e. The Morgan fingerprint density at radius 3 is 2.64 bits per heavy atom. The molecular formula is C21H19BrN2O. The number of alkyl halides is 1. The number of hydrogen-bond acceptors (Lipinski definition) is 2.